The number of aliphatic carboxylic acids is 1. The molecule has 1 aliphatic heterocycles. The number of phenols is 1. The highest BCUT2D eigenvalue weighted by Crippen LogP contribution is 2.21. The van der Waals surface area contributed by atoms with E-state index < -0.39 is 72.3 Å². The summed E-state index contributed by atoms with van der Waals surface area (Å²) in [5, 5.41) is 29.5. The summed E-state index contributed by atoms with van der Waals surface area (Å²) in [6, 6.07) is 18.4. The van der Waals surface area contributed by atoms with Crippen LogP contribution < -0.4 is 38.5 Å². The van der Waals surface area contributed by atoms with Crippen LogP contribution >= 0.6 is 0 Å². The number of guanidine groups is 1. The van der Waals surface area contributed by atoms with Gasteiger partial charge in [-0.2, -0.15) is 0 Å². The summed E-state index contributed by atoms with van der Waals surface area (Å²) >= 11 is 0. The molecule has 0 saturated carbocycles. The minimum Gasteiger partial charge on any atom is -0.508 e. The number of nitrogens with zero attached hydrogens (tertiary/aromatic N) is 2. The molecule has 4 rings (SSSR count). The van der Waals surface area contributed by atoms with Gasteiger partial charge in [-0.15, -0.1) is 0 Å². The van der Waals surface area contributed by atoms with Crippen LogP contribution in [0.2, 0.25) is 0 Å². The summed E-state index contributed by atoms with van der Waals surface area (Å²) in [4.78, 5) is 85.3. The maximum atomic E-state index is 14.3. The number of phenolic OH excluding ortho intramolecular Hbond substituents is 1. The lowest BCUT2D eigenvalue weighted by atomic mass is 10.0. The van der Waals surface area contributed by atoms with Crippen molar-refractivity contribution in [1.82, 2.24) is 26.2 Å². The summed E-state index contributed by atoms with van der Waals surface area (Å²) in [6.45, 7) is -0.199. The number of aromatic hydroxyl groups is 1. The number of benzene rings is 3. The van der Waals surface area contributed by atoms with Gasteiger partial charge in [-0.1, -0.05) is 72.8 Å². The largest absolute Gasteiger partial charge is 0.508 e. The van der Waals surface area contributed by atoms with Crippen LogP contribution in [-0.2, 0) is 48.0 Å². The van der Waals surface area contributed by atoms with Crippen LogP contribution in [0.15, 0.2) is 89.9 Å². The zero-order valence-electron chi connectivity index (χ0n) is 31.5. The summed E-state index contributed by atoms with van der Waals surface area (Å²) in [5.74, 6) is -4.48. The third kappa shape index (κ3) is 13.9. The van der Waals surface area contributed by atoms with Crippen molar-refractivity contribution in [2.24, 2.45) is 22.2 Å². The van der Waals surface area contributed by atoms with Crippen LogP contribution in [0.5, 0.6) is 5.75 Å². The van der Waals surface area contributed by atoms with Crippen LogP contribution in [0, 0.1) is 0 Å². The Balaban J connectivity index is 1.54. The number of carbonyl (C=O) groups excluding carboxylic acids is 5. The van der Waals surface area contributed by atoms with Crippen molar-refractivity contribution in [3.63, 3.8) is 0 Å². The zero-order valence-corrected chi connectivity index (χ0v) is 31.5. The van der Waals surface area contributed by atoms with Gasteiger partial charge in [0.2, 0.25) is 29.5 Å². The van der Waals surface area contributed by atoms with Crippen molar-refractivity contribution in [1.29, 1.82) is 0 Å². The van der Waals surface area contributed by atoms with E-state index in [1.54, 1.807) is 72.8 Å². The van der Waals surface area contributed by atoms with Crippen LogP contribution in [-0.4, -0.2) is 106 Å². The third-order valence-corrected chi connectivity index (χ3v) is 9.38. The number of likely N-dealkylation sites (tertiary alicyclic amines) is 1. The van der Waals surface area contributed by atoms with E-state index >= 15 is 0 Å². The number of hydrogen-bond acceptors (Lipinski definition) is 9. The topological polar surface area (TPSA) is 285 Å². The van der Waals surface area contributed by atoms with Gasteiger partial charge in [0.05, 0.1) is 6.04 Å². The first kappa shape index (κ1) is 43.2. The lowest BCUT2D eigenvalue weighted by molar-refractivity contribution is -0.142. The molecule has 0 unspecified atom stereocenters. The number of amides is 5. The molecule has 1 fully saturated rings. The quantitative estimate of drug-likeness (QED) is 0.0398. The molecule has 12 N–H and O–H groups in total. The number of rotatable bonds is 20. The maximum Gasteiger partial charge on any atom is 0.322 e. The fourth-order valence-corrected chi connectivity index (χ4v) is 6.44. The molecule has 304 valence electrons. The predicted molar refractivity (Wildman–Crippen MR) is 211 cm³/mol. The van der Waals surface area contributed by atoms with E-state index in [1.165, 1.54) is 17.0 Å². The molecular formula is C40H51N9O8. The van der Waals surface area contributed by atoms with E-state index in [-0.39, 0.29) is 56.9 Å². The second kappa shape index (κ2) is 21.6. The summed E-state index contributed by atoms with van der Waals surface area (Å²) in [5.41, 5.74) is 19.0. The summed E-state index contributed by atoms with van der Waals surface area (Å²) < 4.78 is 0. The van der Waals surface area contributed by atoms with Gasteiger partial charge in [0, 0.05) is 32.4 Å². The van der Waals surface area contributed by atoms with Crippen LogP contribution in [0.3, 0.4) is 0 Å². The first-order chi connectivity index (χ1) is 27.3. The molecule has 0 aliphatic carbocycles. The van der Waals surface area contributed by atoms with Gasteiger partial charge in [-0.05, 0) is 54.5 Å². The summed E-state index contributed by atoms with van der Waals surface area (Å²) in [7, 11) is 0. The maximum absolute atomic E-state index is 14.3. The number of carbonyl (C=O) groups is 6. The first-order valence-electron chi connectivity index (χ1n) is 18.7. The molecule has 3 aromatic carbocycles. The Morgan fingerprint density at radius 3 is 1.86 bits per heavy atom. The molecule has 0 bridgehead atoms. The number of nitrogens with two attached hydrogens (primary N) is 3. The Kier molecular flexibility index (Phi) is 16.4. The van der Waals surface area contributed by atoms with Gasteiger partial charge in [-0.3, -0.25) is 33.8 Å². The van der Waals surface area contributed by atoms with Crippen molar-refractivity contribution in [2.75, 3.05) is 19.6 Å². The molecule has 57 heavy (non-hydrogen) atoms. The number of carboxylic acid groups (broad SMARTS) is 1. The molecule has 5 amide bonds. The highest BCUT2D eigenvalue weighted by molar-refractivity contribution is 5.96. The second-order valence-corrected chi connectivity index (χ2v) is 13.8. The van der Waals surface area contributed by atoms with Crippen molar-refractivity contribution < 1.29 is 39.0 Å². The lowest BCUT2D eigenvalue weighted by Gasteiger charge is -2.30. The molecule has 0 spiro atoms. The fraction of sp³-hybridized carbons (Fsp3) is 0.375. The van der Waals surface area contributed by atoms with Crippen molar-refractivity contribution in [2.45, 2.75) is 75.2 Å². The van der Waals surface area contributed by atoms with Crippen LogP contribution in [0.25, 0.3) is 0 Å². The molecule has 0 radical (unpaired) electrons. The molecule has 1 aliphatic rings. The van der Waals surface area contributed by atoms with E-state index in [9.17, 15) is 33.9 Å². The van der Waals surface area contributed by atoms with Gasteiger partial charge >= 0.3 is 5.97 Å². The standard InChI is InChI=1S/C40H51N9O8/c41-29(13-7-19-44-40(42)43)35(53)48-32(23-27-15-17-28(50)18-16-27)39(57)49-20-8-14-33(49)38(56)47-31(22-26-11-5-2-6-12-26)37(55)46-30(36(54)45-24-34(51)52)21-25-9-3-1-4-10-25/h1-6,9-12,15-18,29-33,50H,7-8,13-14,19-24,41H2,(H,45,54)(H,46,55)(H,47,56)(H,48,53)(H,51,52)(H4,42,43,44)/t29-,30-,31-,32-,33-/m0/s1. The Hall–Kier alpha value is -6.49. The molecule has 1 heterocycles. The average molecular weight is 786 g/mol. The number of carboxylic acids is 1. The average Bonchev–Trinajstić information content (AvgIpc) is 3.69. The normalized spacial score (nSPS) is 15.6. The molecule has 1 saturated heterocycles. The smallest absolute Gasteiger partial charge is 0.322 e. The second-order valence-electron chi connectivity index (χ2n) is 13.8. The van der Waals surface area contributed by atoms with Gasteiger partial charge in [-0.25, -0.2) is 0 Å². The SMILES string of the molecule is NC(N)=NCCC[C@H](N)C(=O)N[C@@H](Cc1ccc(O)cc1)C(=O)N1CCC[C@H]1C(=O)N[C@@H](Cc1ccccc1)C(=O)N[C@@H](Cc1ccccc1)C(=O)NCC(=O)O. The Bertz CT molecular complexity index is 1860. The third-order valence-electron chi connectivity index (χ3n) is 9.38. The van der Waals surface area contributed by atoms with E-state index in [1.807, 2.05) is 0 Å². The molecule has 17 heteroatoms. The summed E-state index contributed by atoms with van der Waals surface area (Å²) in [6.07, 6.45) is 1.49. The van der Waals surface area contributed by atoms with E-state index in [0.29, 0.717) is 29.5 Å². The minimum absolute atomic E-state index is 0.0195. The van der Waals surface area contributed by atoms with Crippen molar-refractivity contribution in [3.8, 4) is 5.75 Å². The predicted octanol–water partition coefficient (Wildman–Crippen LogP) is -0.553. The highest BCUT2D eigenvalue weighted by Gasteiger charge is 2.39. The lowest BCUT2D eigenvalue weighted by Crippen LogP contribution is -2.59. The Labute approximate surface area is 330 Å². The van der Waals surface area contributed by atoms with Crippen molar-refractivity contribution in [3.05, 3.63) is 102 Å². The monoisotopic (exact) mass is 785 g/mol. The van der Waals surface area contributed by atoms with Crippen LogP contribution in [0.4, 0.5) is 0 Å². The Morgan fingerprint density at radius 2 is 1.28 bits per heavy atom. The molecule has 5 atom stereocenters. The fourth-order valence-electron chi connectivity index (χ4n) is 6.44. The van der Waals surface area contributed by atoms with Gasteiger partial charge in [0.25, 0.3) is 0 Å². The highest BCUT2D eigenvalue weighted by atomic mass is 16.4. The number of hydrogen-bond donors (Lipinski definition) is 9. The van der Waals surface area contributed by atoms with Crippen LogP contribution in [0.1, 0.15) is 42.4 Å². The zero-order chi connectivity index (χ0) is 41.3. The van der Waals surface area contributed by atoms with E-state index in [0.717, 1.165) is 0 Å². The molecular weight excluding hydrogens is 734 g/mol. The Morgan fingerprint density at radius 1 is 0.737 bits per heavy atom. The first-order valence-corrected chi connectivity index (χ1v) is 18.7. The molecule has 17 nitrogen and oxygen atoms in total. The van der Waals surface area contributed by atoms with Gasteiger partial charge in [0.1, 0.15) is 36.5 Å². The van der Waals surface area contributed by atoms with Crippen molar-refractivity contribution >= 4 is 41.5 Å². The molecule has 0 aromatic heterocycles. The van der Waals surface area contributed by atoms with E-state index in [2.05, 4.69) is 26.3 Å². The van der Waals surface area contributed by atoms with Gasteiger partial charge in [0.15, 0.2) is 5.96 Å². The number of nitrogens with one attached hydrogen (secondary N) is 4. The molecule has 3 aromatic rings. The number of aliphatic imine (C=N–C) groups is 1. The van der Waals surface area contributed by atoms with Gasteiger partial charge < -0.3 is 53.6 Å². The van der Waals surface area contributed by atoms with E-state index in [4.69, 9.17) is 22.3 Å². The minimum atomic E-state index is -1.26.